The highest BCUT2D eigenvalue weighted by Crippen LogP contribution is 2.34. The monoisotopic (exact) mass is 423 g/mol. The van der Waals surface area contributed by atoms with E-state index in [0.717, 1.165) is 10.9 Å². The number of aromatic nitrogens is 4. The summed E-state index contributed by atoms with van der Waals surface area (Å²) in [7, 11) is 0. The number of fused-ring (bicyclic) bond motifs is 1. The van der Waals surface area contributed by atoms with E-state index in [0.29, 0.717) is 17.1 Å². The van der Waals surface area contributed by atoms with Gasteiger partial charge in [-0.3, -0.25) is 9.48 Å². The van der Waals surface area contributed by atoms with Crippen LogP contribution in [0.4, 0.5) is 13.2 Å². The Morgan fingerprint density at radius 3 is 2.60 bits per heavy atom. The SMILES string of the molecule is Cc1cc(C)nc(C(=CN)C(N)=NC(=O)Cn2nc(C(F)(F)F)c3c2CCOC3)n1. The zero-order valence-corrected chi connectivity index (χ0v) is 16.3. The second-order valence-corrected chi connectivity index (χ2v) is 6.68. The lowest BCUT2D eigenvalue weighted by atomic mass is 10.1. The van der Waals surface area contributed by atoms with E-state index in [1.54, 1.807) is 19.9 Å². The average Bonchev–Trinajstić information content (AvgIpc) is 3.00. The van der Waals surface area contributed by atoms with Gasteiger partial charge in [-0.05, 0) is 19.9 Å². The van der Waals surface area contributed by atoms with Gasteiger partial charge >= 0.3 is 6.18 Å². The highest BCUT2D eigenvalue weighted by atomic mass is 19.4. The van der Waals surface area contributed by atoms with Gasteiger partial charge in [0.2, 0.25) is 0 Å². The van der Waals surface area contributed by atoms with E-state index in [-0.39, 0.29) is 42.4 Å². The lowest BCUT2D eigenvalue weighted by Gasteiger charge is -2.15. The molecule has 0 bridgehead atoms. The molecule has 0 radical (unpaired) electrons. The van der Waals surface area contributed by atoms with Crippen LogP contribution in [-0.4, -0.2) is 38.1 Å². The van der Waals surface area contributed by atoms with Gasteiger partial charge in [-0.25, -0.2) is 9.97 Å². The Balaban J connectivity index is 1.87. The van der Waals surface area contributed by atoms with Crippen molar-refractivity contribution in [1.29, 1.82) is 0 Å². The van der Waals surface area contributed by atoms with Gasteiger partial charge in [0.25, 0.3) is 5.91 Å². The van der Waals surface area contributed by atoms with Crippen molar-refractivity contribution in [2.24, 2.45) is 16.5 Å². The molecule has 1 aliphatic heterocycles. The fraction of sp³-hybridized carbons (Fsp3) is 0.389. The number of nitrogens with two attached hydrogens (primary N) is 2. The Hall–Kier alpha value is -3.28. The van der Waals surface area contributed by atoms with Crippen molar-refractivity contribution in [2.75, 3.05) is 6.61 Å². The lowest BCUT2D eigenvalue weighted by molar-refractivity contribution is -0.143. The van der Waals surface area contributed by atoms with E-state index in [9.17, 15) is 18.0 Å². The van der Waals surface area contributed by atoms with E-state index in [1.807, 2.05) is 0 Å². The van der Waals surface area contributed by atoms with Crippen molar-refractivity contribution >= 4 is 17.3 Å². The molecule has 2 aromatic heterocycles. The number of carbonyl (C=O) groups is 1. The maximum absolute atomic E-state index is 13.2. The molecular weight excluding hydrogens is 403 g/mol. The molecule has 0 aromatic carbocycles. The molecule has 4 N–H and O–H groups in total. The maximum atomic E-state index is 13.2. The molecule has 0 saturated carbocycles. The predicted molar refractivity (Wildman–Crippen MR) is 101 cm³/mol. The van der Waals surface area contributed by atoms with E-state index < -0.39 is 24.3 Å². The number of nitrogens with zero attached hydrogens (tertiary/aromatic N) is 5. The fourth-order valence-corrected chi connectivity index (χ4v) is 3.15. The third-order valence-electron chi connectivity index (χ3n) is 4.36. The number of carbonyl (C=O) groups excluding carboxylic acids is 1. The molecule has 3 rings (SSSR count). The first-order chi connectivity index (χ1) is 14.1. The van der Waals surface area contributed by atoms with Crippen molar-refractivity contribution in [3.8, 4) is 0 Å². The number of halogens is 3. The third kappa shape index (κ3) is 4.48. The third-order valence-corrected chi connectivity index (χ3v) is 4.36. The highest BCUT2D eigenvalue weighted by Gasteiger charge is 2.40. The van der Waals surface area contributed by atoms with Crippen molar-refractivity contribution in [1.82, 2.24) is 19.7 Å². The Labute approximate surface area is 169 Å². The summed E-state index contributed by atoms with van der Waals surface area (Å²) >= 11 is 0. The minimum atomic E-state index is -4.66. The van der Waals surface area contributed by atoms with Crippen LogP contribution in [0.2, 0.25) is 0 Å². The minimum absolute atomic E-state index is 0.0651. The van der Waals surface area contributed by atoms with Gasteiger partial charge in [-0.1, -0.05) is 0 Å². The molecule has 9 nitrogen and oxygen atoms in total. The Morgan fingerprint density at radius 2 is 2.00 bits per heavy atom. The molecule has 0 aliphatic carbocycles. The summed E-state index contributed by atoms with van der Waals surface area (Å²) in [6, 6.07) is 1.75. The van der Waals surface area contributed by atoms with Crippen LogP contribution in [0.3, 0.4) is 0 Å². The van der Waals surface area contributed by atoms with Gasteiger partial charge in [-0.2, -0.15) is 23.3 Å². The Morgan fingerprint density at radius 1 is 1.33 bits per heavy atom. The number of alkyl halides is 3. The van der Waals surface area contributed by atoms with Gasteiger partial charge in [0, 0.05) is 35.3 Å². The first-order valence-electron chi connectivity index (χ1n) is 8.95. The van der Waals surface area contributed by atoms with Crippen molar-refractivity contribution < 1.29 is 22.7 Å². The van der Waals surface area contributed by atoms with Crippen LogP contribution < -0.4 is 11.5 Å². The molecule has 30 heavy (non-hydrogen) atoms. The number of ether oxygens (including phenoxy) is 1. The van der Waals surface area contributed by atoms with Crippen LogP contribution >= 0.6 is 0 Å². The van der Waals surface area contributed by atoms with E-state index in [2.05, 4.69) is 20.1 Å². The number of amides is 1. The molecule has 0 spiro atoms. The van der Waals surface area contributed by atoms with Crippen molar-refractivity contribution in [3.63, 3.8) is 0 Å². The van der Waals surface area contributed by atoms with Gasteiger partial charge in [-0.15, -0.1) is 0 Å². The zero-order valence-electron chi connectivity index (χ0n) is 16.3. The van der Waals surface area contributed by atoms with Gasteiger partial charge < -0.3 is 16.2 Å². The number of aryl methyl sites for hydroxylation is 2. The molecule has 0 saturated heterocycles. The molecule has 0 unspecified atom stereocenters. The molecule has 160 valence electrons. The molecule has 3 heterocycles. The van der Waals surface area contributed by atoms with Gasteiger partial charge in [0.1, 0.15) is 12.4 Å². The lowest BCUT2D eigenvalue weighted by Crippen LogP contribution is -2.22. The number of rotatable bonds is 4. The Kier molecular flexibility index (Phi) is 5.87. The largest absolute Gasteiger partial charge is 0.435 e. The highest BCUT2D eigenvalue weighted by molar-refractivity contribution is 6.23. The molecule has 12 heteroatoms. The first kappa shape index (κ1) is 21.4. The Bertz CT molecular complexity index is 1020. The second-order valence-electron chi connectivity index (χ2n) is 6.68. The van der Waals surface area contributed by atoms with Crippen LogP contribution in [0.1, 0.15) is 34.2 Å². The summed E-state index contributed by atoms with van der Waals surface area (Å²) in [6.45, 7) is 3.03. The van der Waals surface area contributed by atoms with Crippen molar-refractivity contribution in [2.45, 2.75) is 39.6 Å². The smallest absolute Gasteiger partial charge is 0.404 e. The van der Waals surface area contributed by atoms with Gasteiger partial charge in [0.15, 0.2) is 11.5 Å². The van der Waals surface area contributed by atoms with E-state index in [4.69, 9.17) is 16.2 Å². The van der Waals surface area contributed by atoms with Crippen LogP contribution in [0.15, 0.2) is 17.3 Å². The standard InChI is InChI=1S/C18H20F3N7O2/c1-9-5-10(2)25-17(24-9)11(6-22)16(23)26-14(29)7-28-13-3-4-30-8-12(13)15(27-28)18(19,20)21/h5-6H,3-4,7-8,22H2,1-2H3,(H2,23,26,29). The predicted octanol–water partition coefficient (Wildman–Crippen LogP) is 1.27. The van der Waals surface area contributed by atoms with Crippen LogP contribution in [0.5, 0.6) is 0 Å². The quantitative estimate of drug-likeness (QED) is 0.558. The average molecular weight is 423 g/mol. The summed E-state index contributed by atoms with van der Waals surface area (Å²) in [4.78, 5) is 24.6. The molecule has 0 atom stereocenters. The topological polar surface area (TPSA) is 134 Å². The normalized spacial score (nSPS) is 15.2. The molecule has 1 aliphatic rings. The first-order valence-corrected chi connectivity index (χ1v) is 8.95. The molecule has 0 fully saturated rings. The molecule has 2 aromatic rings. The number of amidine groups is 1. The summed E-state index contributed by atoms with van der Waals surface area (Å²) in [5.41, 5.74) is 12.1. The van der Waals surface area contributed by atoms with Crippen LogP contribution in [0, 0.1) is 13.8 Å². The maximum Gasteiger partial charge on any atom is 0.435 e. The summed E-state index contributed by atoms with van der Waals surface area (Å²) in [5, 5.41) is 3.57. The van der Waals surface area contributed by atoms with E-state index >= 15 is 0 Å². The number of aliphatic imine (C=N–C) groups is 1. The van der Waals surface area contributed by atoms with Gasteiger partial charge in [0.05, 0.1) is 18.8 Å². The zero-order chi connectivity index (χ0) is 22.1. The molecule has 1 amide bonds. The summed E-state index contributed by atoms with van der Waals surface area (Å²) in [5.74, 6) is -0.841. The molecular formula is C18H20F3N7O2. The van der Waals surface area contributed by atoms with Crippen LogP contribution in [0.25, 0.3) is 5.57 Å². The minimum Gasteiger partial charge on any atom is -0.404 e. The summed E-state index contributed by atoms with van der Waals surface area (Å²) < 4.78 is 45.8. The second kappa shape index (κ2) is 8.22. The fourth-order valence-electron chi connectivity index (χ4n) is 3.15. The van der Waals surface area contributed by atoms with E-state index in [1.165, 1.54) is 0 Å². The number of hydrogen-bond acceptors (Lipinski definition) is 6. The summed E-state index contributed by atoms with van der Waals surface area (Å²) in [6.07, 6.45) is -3.33. The van der Waals surface area contributed by atoms with Crippen molar-refractivity contribution in [3.05, 3.63) is 46.4 Å². The van der Waals surface area contributed by atoms with Crippen LogP contribution in [-0.2, 0) is 35.3 Å². The number of hydrogen-bond donors (Lipinski definition) is 2.